The van der Waals surface area contributed by atoms with Gasteiger partial charge in [0.25, 0.3) is 0 Å². The zero-order valence-corrected chi connectivity index (χ0v) is 14.5. The van der Waals surface area contributed by atoms with Crippen LogP contribution < -0.4 is 4.72 Å². The molecule has 118 valence electrons. The molecule has 0 saturated heterocycles. The predicted molar refractivity (Wildman–Crippen MR) is 90.8 cm³/mol. The highest BCUT2D eigenvalue weighted by molar-refractivity contribution is 7.89. The normalized spacial score (nSPS) is 12.4. The molecule has 0 bridgehead atoms. The van der Waals surface area contributed by atoms with E-state index in [9.17, 15) is 8.42 Å². The molecular formula is C17H20ClNO2S. The highest BCUT2D eigenvalue weighted by Crippen LogP contribution is 2.24. The average molecular weight is 338 g/mol. The highest BCUT2D eigenvalue weighted by Gasteiger charge is 2.24. The molecule has 0 amide bonds. The number of benzene rings is 2. The van der Waals surface area contributed by atoms with Crippen molar-refractivity contribution in [2.45, 2.75) is 31.1 Å². The Bertz CT molecular complexity index is 735. The van der Waals surface area contributed by atoms with Crippen LogP contribution in [0.1, 0.15) is 25.0 Å². The number of hydrogen-bond donors (Lipinski definition) is 1. The predicted octanol–water partition coefficient (Wildman–Crippen LogP) is 3.90. The zero-order chi connectivity index (χ0) is 16.4. The molecular weight excluding hydrogens is 318 g/mol. The Morgan fingerprint density at radius 2 is 1.55 bits per heavy atom. The van der Waals surface area contributed by atoms with E-state index in [-0.39, 0.29) is 10.3 Å². The van der Waals surface area contributed by atoms with Gasteiger partial charge >= 0.3 is 0 Å². The first-order chi connectivity index (χ1) is 10.2. The standard InChI is InChI=1S/C17H20ClNO2S/c1-13-4-10-16(11-5-13)22(20,21)19-12-17(2,3)14-6-8-15(18)9-7-14/h4-11,19H,12H2,1-3H3. The summed E-state index contributed by atoms with van der Waals surface area (Å²) in [6.07, 6.45) is 0. The van der Waals surface area contributed by atoms with Crippen molar-refractivity contribution in [3.8, 4) is 0 Å². The van der Waals surface area contributed by atoms with Crippen molar-refractivity contribution >= 4 is 21.6 Å². The Morgan fingerprint density at radius 1 is 1.00 bits per heavy atom. The summed E-state index contributed by atoms with van der Waals surface area (Å²) in [6.45, 7) is 6.22. The molecule has 0 aliphatic heterocycles. The molecule has 0 radical (unpaired) electrons. The van der Waals surface area contributed by atoms with Crippen LogP contribution in [-0.4, -0.2) is 15.0 Å². The maximum Gasteiger partial charge on any atom is 0.240 e. The second-order valence-corrected chi connectivity index (χ2v) is 8.23. The Kier molecular flexibility index (Phi) is 4.95. The van der Waals surface area contributed by atoms with E-state index in [2.05, 4.69) is 4.72 Å². The number of rotatable bonds is 5. The first-order valence-corrected chi connectivity index (χ1v) is 8.89. The van der Waals surface area contributed by atoms with Gasteiger partial charge in [-0.15, -0.1) is 0 Å². The minimum absolute atomic E-state index is 0.282. The molecule has 2 rings (SSSR count). The van der Waals surface area contributed by atoms with E-state index in [1.165, 1.54) is 0 Å². The van der Waals surface area contributed by atoms with E-state index >= 15 is 0 Å². The van der Waals surface area contributed by atoms with Gasteiger partial charge in [-0.1, -0.05) is 55.3 Å². The lowest BCUT2D eigenvalue weighted by molar-refractivity contribution is 0.501. The van der Waals surface area contributed by atoms with Gasteiger partial charge in [0.15, 0.2) is 0 Å². The minimum Gasteiger partial charge on any atom is -0.210 e. The number of hydrogen-bond acceptors (Lipinski definition) is 2. The van der Waals surface area contributed by atoms with Crippen molar-refractivity contribution in [3.05, 3.63) is 64.7 Å². The van der Waals surface area contributed by atoms with Gasteiger partial charge in [-0.05, 0) is 36.8 Å². The zero-order valence-electron chi connectivity index (χ0n) is 12.9. The fourth-order valence-corrected chi connectivity index (χ4v) is 3.42. The molecule has 5 heteroatoms. The Morgan fingerprint density at radius 3 is 2.09 bits per heavy atom. The number of aryl methyl sites for hydroxylation is 1. The molecule has 0 unspecified atom stereocenters. The fraction of sp³-hybridized carbons (Fsp3) is 0.294. The molecule has 0 saturated carbocycles. The van der Waals surface area contributed by atoms with Crippen LogP contribution in [0.2, 0.25) is 5.02 Å². The summed E-state index contributed by atoms with van der Waals surface area (Å²) in [5.41, 5.74) is 1.73. The Hall–Kier alpha value is -1.36. The van der Waals surface area contributed by atoms with E-state index in [4.69, 9.17) is 11.6 Å². The monoisotopic (exact) mass is 337 g/mol. The van der Waals surface area contributed by atoms with Crippen LogP contribution in [0.15, 0.2) is 53.4 Å². The second-order valence-electron chi connectivity index (χ2n) is 6.03. The summed E-state index contributed by atoms with van der Waals surface area (Å²) in [5, 5.41) is 0.666. The van der Waals surface area contributed by atoms with Gasteiger partial charge in [-0.3, -0.25) is 0 Å². The van der Waals surface area contributed by atoms with Crippen LogP contribution in [0.5, 0.6) is 0 Å². The summed E-state index contributed by atoms with van der Waals surface area (Å²) >= 11 is 5.89. The molecule has 0 aromatic heterocycles. The molecule has 0 spiro atoms. The van der Waals surface area contributed by atoms with Crippen molar-refractivity contribution in [2.75, 3.05) is 6.54 Å². The second kappa shape index (κ2) is 6.41. The topological polar surface area (TPSA) is 46.2 Å². The van der Waals surface area contributed by atoms with E-state index in [0.717, 1.165) is 11.1 Å². The lowest BCUT2D eigenvalue weighted by Crippen LogP contribution is -2.36. The van der Waals surface area contributed by atoms with Gasteiger partial charge in [0.2, 0.25) is 10.0 Å². The van der Waals surface area contributed by atoms with Crippen LogP contribution >= 0.6 is 11.6 Å². The molecule has 0 atom stereocenters. The first-order valence-electron chi connectivity index (χ1n) is 7.03. The lowest BCUT2D eigenvalue weighted by atomic mass is 9.85. The van der Waals surface area contributed by atoms with Gasteiger partial charge < -0.3 is 0 Å². The van der Waals surface area contributed by atoms with Crippen molar-refractivity contribution in [2.24, 2.45) is 0 Å². The van der Waals surface area contributed by atoms with Crippen molar-refractivity contribution < 1.29 is 8.42 Å². The molecule has 2 aromatic carbocycles. The van der Waals surface area contributed by atoms with Crippen molar-refractivity contribution in [3.63, 3.8) is 0 Å². The average Bonchev–Trinajstić information content (AvgIpc) is 2.46. The van der Waals surface area contributed by atoms with Crippen molar-refractivity contribution in [1.29, 1.82) is 0 Å². The molecule has 22 heavy (non-hydrogen) atoms. The highest BCUT2D eigenvalue weighted by atomic mass is 35.5. The first kappa shape index (κ1) is 17.0. The summed E-state index contributed by atoms with van der Waals surface area (Å²) < 4.78 is 27.4. The molecule has 0 fully saturated rings. The Balaban J connectivity index is 2.13. The molecule has 2 aromatic rings. The Labute approximate surface area is 137 Å². The fourth-order valence-electron chi connectivity index (χ4n) is 2.08. The third-order valence-corrected chi connectivity index (χ3v) is 5.33. The third-order valence-electron chi connectivity index (χ3n) is 3.66. The van der Waals surface area contributed by atoms with Crippen LogP contribution in [0.25, 0.3) is 0 Å². The largest absolute Gasteiger partial charge is 0.240 e. The van der Waals surface area contributed by atoms with Gasteiger partial charge in [0.05, 0.1) is 4.90 Å². The lowest BCUT2D eigenvalue weighted by Gasteiger charge is -2.25. The summed E-state index contributed by atoms with van der Waals surface area (Å²) in [4.78, 5) is 0.282. The van der Waals surface area contributed by atoms with Crippen LogP contribution in [0.3, 0.4) is 0 Å². The van der Waals surface area contributed by atoms with Gasteiger partial charge in [0, 0.05) is 17.0 Å². The summed E-state index contributed by atoms with van der Waals surface area (Å²) in [6, 6.07) is 14.3. The SMILES string of the molecule is Cc1ccc(S(=O)(=O)NCC(C)(C)c2ccc(Cl)cc2)cc1. The smallest absolute Gasteiger partial charge is 0.210 e. The summed E-state index contributed by atoms with van der Waals surface area (Å²) in [5.74, 6) is 0. The van der Waals surface area contributed by atoms with Gasteiger partial charge in [-0.2, -0.15) is 0 Å². The number of nitrogens with one attached hydrogen (secondary N) is 1. The summed E-state index contributed by atoms with van der Waals surface area (Å²) in [7, 11) is -3.50. The van der Waals surface area contributed by atoms with Crippen LogP contribution in [0, 0.1) is 6.92 Å². The molecule has 1 N–H and O–H groups in total. The van der Waals surface area contributed by atoms with Gasteiger partial charge in [0.1, 0.15) is 0 Å². The molecule has 3 nitrogen and oxygen atoms in total. The van der Waals surface area contributed by atoms with Crippen LogP contribution in [0.4, 0.5) is 0 Å². The van der Waals surface area contributed by atoms with E-state index in [1.54, 1.807) is 24.3 Å². The van der Waals surface area contributed by atoms with Crippen LogP contribution in [-0.2, 0) is 15.4 Å². The van der Waals surface area contributed by atoms with Gasteiger partial charge in [-0.25, -0.2) is 13.1 Å². The maximum absolute atomic E-state index is 12.3. The van der Waals surface area contributed by atoms with E-state index in [1.807, 2.05) is 45.0 Å². The van der Waals surface area contributed by atoms with Crippen molar-refractivity contribution in [1.82, 2.24) is 4.72 Å². The quantitative estimate of drug-likeness (QED) is 0.899. The molecule has 0 aliphatic rings. The van der Waals surface area contributed by atoms with E-state index < -0.39 is 10.0 Å². The minimum atomic E-state index is -3.50. The molecule has 0 heterocycles. The third kappa shape index (κ3) is 4.09. The number of sulfonamides is 1. The van der Waals surface area contributed by atoms with E-state index in [0.29, 0.717) is 11.6 Å². The maximum atomic E-state index is 12.3. The molecule has 0 aliphatic carbocycles. The number of halogens is 1.